The molecule has 0 unspecified atom stereocenters. The fraction of sp³-hybridized carbons (Fsp3) is 0.400. The van der Waals surface area contributed by atoms with Gasteiger partial charge in [0.1, 0.15) is 0 Å². The van der Waals surface area contributed by atoms with Gasteiger partial charge in [0.2, 0.25) is 0 Å². The van der Waals surface area contributed by atoms with Crippen molar-refractivity contribution in [1.29, 1.82) is 5.26 Å². The molecular weight excluding hydrogens is 384 g/mol. The van der Waals surface area contributed by atoms with E-state index in [-0.39, 0.29) is 0 Å². The molecule has 1 aliphatic heterocycles. The number of hydrogen-bond acceptors (Lipinski definition) is 6. The monoisotopic (exact) mass is 416 g/mol. The first-order valence-electron chi connectivity index (χ1n) is 10.8. The molecule has 6 nitrogen and oxygen atoms in total. The second-order valence-electron chi connectivity index (χ2n) is 8.03. The molecule has 0 radical (unpaired) electrons. The quantitative estimate of drug-likeness (QED) is 0.753. The van der Waals surface area contributed by atoms with Gasteiger partial charge in [-0.3, -0.25) is 0 Å². The molecule has 0 atom stereocenters. The number of nitriles is 1. The first-order valence-corrected chi connectivity index (χ1v) is 10.8. The fourth-order valence-electron chi connectivity index (χ4n) is 4.07. The number of aryl methyl sites for hydroxylation is 1. The highest BCUT2D eigenvalue weighted by Crippen LogP contribution is 2.16. The number of hydrogen-bond donors (Lipinski definition) is 2. The molecule has 0 amide bonds. The Kier molecular flexibility index (Phi) is 7.43. The van der Waals surface area contributed by atoms with Crippen LogP contribution in [-0.2, 0) is 6.54 Å². The van der Waals surface area contributed by atoms with Crippen LogP contribution in [0.1, 0.15) is 42.1 Å². The van der Waals surface area contributed by atoms with E-state index in [1.165, 1.54) is 0 Å². The summed E-state index contributed by atoms with van der Waals surface area (Å²) in [6.45, 7) is 13.0. The van der Waals surface area contributed by atoms with Crippen LogP contribution in [0.25, 0.3) is 12.2 Å². The Bertz CT molecular complexity index is 1110. The molecule has 2 N–H and O–H groups in total. The van der Waals surface area contributed by atoms with Crippen LogP contribution in [0.4, 0.5) is 5.82 Å². The molecule has 162 valence electrons. The minimum absolute atomic E-state index is 0.489. The van der Waals surface area contributed by atoms with Gasteiger partial charge >= 0.3 is 0 Å². The van der Waals surface area contributed by atoms with Gasteiger partial charge in [-0.15, -0.1) is 5.10 Å². The van der Waals surface area contributed by atoms with E-state index < -0.39 is 0 Å². The number of benzene rings is 1. The molecule has 3 rings (SSSR count). The van der Waals surface area contributed by atoms with Crippen molar-refractivity contribution < 1.29 is 0 Å². The van der Waals surface area contributed by atoms with Gasteiger partial charge in [0.25, 0.3) is 0 Å². The van der Waals surface area contributed by atoms with Crippen LogP contribution in [-0.4, -0.2) is 41.3 Å². The maximum Gasteiger partial charge on any atom is 0.156 e. The van der Waals surface area contributed by atoms with Gasteiger partial charge in [-0.25, -0.2) is 0 Å². The Labute approximate surface area is 185 Å². The summed E-state index contributed by atoms with van der Waals surface area (Å²) < 4.78 is 0. The van der Waals surface area contributed by atoms with E-state index in [4.69, 9.17) is 0 Å². The first kappa shape index (κ1) is 22.5. The number of rotatable bonds is 6. The summed E-state index contributed by atoms with van der Waals surface area (Å²) in [5.74, 6) is 0.723. The maximum atomic E-state index is 9.31. The number of nitrogens with one attached hydrogen (secondary N) is 2. The van der Waals surface area contributed by atoms with Crippen molar-refractivity contribution in [3.05, 3.63) is 63.3 Å². The largest absolute Gasteiger partial charge is 0.372 e. The van der Waals surface area contributed by atoms with E-state index in [9.17, 15) is 5.26 Å². The Morgan fingerprint density at radius 2 is 2.03 bits per heavy atom. The molecule has 31 heavy (non-hydrogen) atoms. The summed E-state index contributed by atoms with van der Waals surface area (Å²) in [5.41, 5.74) is 4.61. The summed E-state index contributed by atoms with van der Waals surface area (Å²) in [6.07, 6.45) is 6.41. The van der Waals surface area contributed by atoms with Crippen LogP contribution < -0.4 is 21.1 Å². The molecule has 1 aliphatic rings. The van der Waals surface area contributed by atoms with Gasteiger partial charge in [0, 0.05) is 35.8 Å². The number of piperidine rings is 1. The number of aromatic nitrogens is 2. The summed E-state index contributed by atoms with van der Waals surface area (Å²) in [6, 6.07) is 8.53. The maximum absolute atomic E-state index is 9.31. The van der Waals surface area contributed by atoms with Gasteiger partial charge in [0.05, 0.1) is 17.3 Å². The highest BCUT2D eigenvalue weighted by atomic mass is 15.2. The second kappa shape index (κ2) is 10.2. The van der Waals surface area contributed by atoms with Crippen LogP contribution in [0.5, 0.6) is 0 Å². The van der Waals surface area contributed by atoms with Crippen molar-refractivity contribution in [2.75, 3.05) is 25.5 Å². The molecule has 2 heterocycles. The van der Waals surface area contributed by atoms with Gasteiger partial charge in [-0.1, -0.05) is 24.8 Å². The Hall–Kier alpha value is -3.17. The zero-order chi connectivity index (χ0) is 22.4. The van der Waals surface area contributed by atoms with Gasteiger partial charge in [-0.2, -0.15) is 10.4 Å². The summed E-state index contributed by atoms with van der Waals surface area (Å²) in [7, 11) is 2.12. The molecule has 1 aromatic heterocycles. The lowest BCUT2D eigenvalue weighted by atomic mass is 10.0. The highest BCUT2D eigenvalue weighted by molar-refractivity contribution is 5.54. The molecule has 0 saturated carbocycles. The number of allylic oxidation sites excluding steroid dienone is 1. The van der Waals surface area contributed by atoms with E-state index in [0.717, 1.165) is 64.7 Å². The topological polar surface area (TPSA) is 76.9 Å². The SMILES string of the molecule is C=C(/C=c1/c(NCc2cccc(C#N)c2C)nnc(C)/c1=C/C)N(C)C1CCNCC1. The summed E-state index contributed by atoms with van der Waals surface area (Å²) in [5, 5.41) is 27.0. The van der Waals surface area contributed by atoms with Crippen LogP contribution in [0, 0.1) is 25.2 Å². The third kappa shape index (κ3) is 5.12. The standard InChI is InChI=1S/C25H32N6/c1-6-23-19(4)29-30-25(28-16-21-9-7-8-20(15-26)18(21)3)24(23)14-17(2)31(5)22-10-12-27-13-11-22/h6-9,14,22,27H,2,10-13,16H2,1,3-5H3,(H,28,30)/b23-6-,24-14+. The number of nitrogens with zero attached hydrogens (tertiary/aromatic N) is 4. The van der Waals surface area contributed by atoms with Crippen molar-refractivity contribution in [2.45, 2.75) is 46.2 Å². The lowest BCUT2D eigenvalue weighted by Gasteiger charge is -2.33. The minimum atomic E-state index is 0.489. The Balaban J connectivity index is 1.94. The molecule has 6 heteroatoms. The fourth-order valence-corrected chi connectivity index (χ4v) is 4.07. The van der Waals surface area contributed by atoms with Crippen molar-refractivity contribution in [1.82, 2.24) is 20.4 Å². The molecular formula is C25H32N6. The van der Waals surface area contributed by atoms with Crippen LogP contribution in [0.3, 0.4) is 0 Å². The predicted octanol–water partition coefficient (Wildman–Crippen LogP) is 2.36. The van der Waals surface area contributed by atoms with Crippen LogP contribution >= 0.6 is 0 Å². The smallest absolute Gasteiger partial charge is 0.156 e. The third-order valence-electron chi connectivity index (χ3n) is 6.16. The molecule has 1 fully saturated rings. The van der Waals surface area contributed by atoms with Crippen LogP contribution in [0.2, 0.25) is 0 Å². The van der Waals surface area contributed by atoms with E-state index in [2.05, 4.69) is 57.6 Å². The molecule has 0 aliphatic carbocycles. The Morgan fingerprint density at radius 1 is 1.29 bits per heavy atom. The zero-order valence-electron chi connectivity index (χ0n) is 19.0. The van der Waals surface area contributed by atoms with Crippen LogP contribution in [0.15, 0.2) is 30.5 Å². The van der Waals surface area contributed by atoms with E-state index >= 15 is 0 Å². The molecule has 0 spiro atoms. The summed E-state index contributed by atoms with van der Waals surface area (Å²) in [4.78, 5) is 2.28. The van der Waals surface area contributed by atoms with Gasteiger partial charge in [0.15, 0.2) is 5.82 Å². The molecule has 1 aromatic carbocycles. The van der Waals surface area contributed by atoms with Gasteiger partial charge in [-0.05, 0) is 70.0 Å². The lowest BCUT2D eigenvalue weighted by molar-refractivity contribution is 0.255. The van der Waals surface area contributed by atoms with Gasteiger partial charge < -0.3 is 15.5 Å². The van der Waals surface area contributed by atoms with Crippen molar-refractivity contribution in [3.8, 4) is 6.07 Å². The summed E-state index contributed by atoms with van der Waals surface area (Å²) >= 11 is 0. The van der Waals surface area contributed by atoms with Crippen molar-refractivity contribution >= 4 is 18.0 Å². The highest BCUT2D eigenvalue weighted by Gasteiger charge is 2.18. The molecule has 1 saturated heterocycles. The average Bonchev–Trinajstić information content (AvgIpc) is 2.79. The van der Waals surface area contributed by atoms with Crippen molar-refractivity contribution in [3.63, 3.8) is 0 Å². The zero-order valence-corrected chi connectivity index (χ0v) is 19.0. The normalized spacial score (nSPS) is 15.6. The van der Waals surface area contributed by atoms with E-state index in [0.29, 0.717) is 18.2 Å². The van der Waals surface area contributed by atoms with E-state index in [1.807, 2.05) is 39.0 Å². The molecule has 0 bridgehead atoms. The average molecular weight is 417 g/mol. The lowest BCUT2D eigenvalue weighted by Crippen LogP contribution is -2.41. The molecule has 2 aromatic rings. The first-order chi connectivity index (χ1) is 15.0. The Morgan fingerprint density at radius 3 is 2.71 bits per heavy atom. The third-order valence-corrected chi connectivity index (χ3v) is 6.16. The van der Waals surface area contributed by atoms with E-state index in [1.54, 1.807) is 0 Å². The second-order valence-corrected chi connectivity index (χ2v) is 8.03. The minimum Gasteiger partial charge on any atom is -0.372 e. The van der Waals surface area contributed by atoms with Crippen molar-refractivity contribution in [2.24, 2.45) is 0 Å². The number of anilines is 1. The predicted molar refractivity (Wildman–Crippen MR) is 127 cm³/mol.